The van der Waals surface area contributed by atoms with Gasteiger partial charge in [0.25, 0.3) is 0 Å². The molecule has 0 aliphatic carbocycles. The van der Waals surface area contributed by atoms with Gasteiger partial charge in [-0.3, -0.25) is 0 Å². The zero-order chi connectivity index (χ0) is 31.8. The topological polar surface area (TPSA) is 0 Å². The van der Waals surface area contributed by atoms with Crippen LogP contribution in [0.5, 0.6) is 0 Å². The molecule has 0 aromatic carbocycles. The second-order valence-corrected chi connectivity index (χ2v) is 15.8. The minimum Gasteiger partial charge on any atom is -0.247 e. The van der Waals surface area contributed by atoms with Gasteiger partial charge in [-0.05, 0) is 0 Å². The first kappa shape index (κ1) is 37.5. The van der Waals surface area contributed by atoms with Gasteiger partial charge in [0, 0.05) is 0 Å². The molecule has 0 spiro atoms. The third-order valence-electron chi connectivity index (χ3n) is 4.37. The highest BCUT2D eigenvalue weighted by Crippen LogP contribution is 2.66. The molecular formula is C12H3Cl3F22Si. The molecular weight excluding hydrogens is 697 g/mol. The van der Waals surface area contributed by atoms with Crippen molar-refractivity contribution in [3.05, 3.63) is 0 Å². The molecule has 1 atom stereocenters. The second kappa shape index (κ2) is 9.55. The smallest absolute Gasteiger partial charge is 0.247 e. The lowest BCUT2D eigenvalue weighted by Gasteiger charge is -2.44. The van der Waals surface area contributed by atoms with Crippen LogP contribution in [0.4, 0.5) is 96.6 Å². The Balaban J connectivity index is 7.02. The molecule has 0 radical (unpaired) electrons. The summed E-state index contributed by atoms with van der Waals surface area (Å²) in [4.78, 5) is 0. The van der Waals surface area contributed by atoms with Gasteiger partial charge in [0.2, 0.25) is 0 Å². The maximum Gasteiger partial charge on any atom is 0.460 e. The van der Waals surface area contributed by atoms with Gasteiger partial charge in [-0.1, -0.05) is 0 Å². The van der Waals surface area contributed by atoms with E-state index < -0.39 is 77.7 Å². The molecule has 0 saturated carbocycles. The van der Waals surface area contributed by atoms with Crippen LogP contribution in [-0.4, -0.2) is 71.3 Å². The van der Waals surface area contributed by atoms with Crippen molar-refractivity contribution in [1.29, 1.82) is 0 Å². The average molecular weight is 700 g/mol. The standard InChI is InChI=1S/C12H3Cl3F22Si/c13-38(14,15)2(16)1-3(17,18)4(19,20)5(21,22)6(23,24)7(25,26)8(27,28)9(29,30)10(31,32)11(33,34)12(35,36)37/h2H,1H2. The van der Waals surface area contributed by atoms with Crippen LogP contribution in [0.3, 0.4) is 0 Å². The van der Waals surface area contributed by atoms with Crippen LogP contribution in [0.1, 0.15) is 6.42 Å². The molecule has 0 nitrogen and oxygen atoms in total. The summed E-state index contributed by atoms with van der Waals surface area (Å²) < 4.78 is 290. The largest absolute Gasteiger partial charge is 0.460 e. The van der Waals surface area contributed by atoms with Gasteiger partial charge < -0.3 is 0 Å². The first-order valence-corrected chi connectivity index (χ1v) is 13.2. The zero-order valence-electron chi connectivity index (χ0n) is 16.2. The van der Waals surface area contributed by atoms with Crippen molar-refractivity contribution in [2.75, 3.05) is 0 Å². The van der Waals surface area contributed by atoms with Gasteiger partial charge in [-0.15, -0.1) is 33.2 Å². The number of hydrogen-bond donors (Lipinski definition) is 0. The van der Waals surface area contributed by atoms with E-state index in [1.807, 2.05) is 0 Å². The highest BCUT2D eigenvalue weighted by atomic mass is 35.8. The Morgan fingerprint density at radius 2 is 0.605 bits per heavy atom. The van der Waals surface area contributed by atoms with Crippen LogP contribution in [0.25, 0.3) is 0 Å². The van der Waals surface area contributed by atoms with Crippen LogP contribution in [0.2, 0.25) is 0 Å². The van der Waals surface area contributed by atoms with Crippen molar-refractivity contribution >= 4 is 39.2 Å². The summed E-state index contributed by atoms with van der Waals surface area (Å²) in [5, 5.41) is 0. The fourth-order valence-electron chi connectivity index (χ4n) is 2.06. The average Bonchev–Trinajstić information content (AvgIpc) is 2.64. The molecule has 0 saturated heterocycles. The SMILES string of the molecule is FC(CC(F)(F)C(F)(F)C(F)(F)C(F)(F)C(F)(F)C(F)(F)C(F)(F)C(F)(F)C(F)(F)C(F)(F)F)[Si](Cl)(Cl)Cl. The molecule has 0 rings (SSSR count). The highest BCUT2D eigenvalue weighted by molar-refractivity contribution is 7.65. The summed E-state index contributed by atoms with van der Waals surface area (Å²) in [5.74, 6) is -82.5. The molecule has 0 aromatic rings. The Morgan fingerprint density at radius 3 is 0.816 bits per heavy atom. The van der Waals surface area contributed by atoms with Gasteiger partial charge in [0.1, 0.15) is 5.79 Å². The number of rotatable bonds is 11. The Labute approximate surface area is 208 Å². The van der Waals surface area contributed by atoms with Gasteiger partial charge in [0.15, 0.2) is 0 Å². The van der Waals surface area contributed by atoms with Crippen molar-refractivity contribution in [3.63, 3.8) is 0 Å². The molecule has 1 unspecified atom stereocenters. The van der Waals surface area contributed by atoms with E-state index in [-0.39, 0.29) is 0 Å². The monoisotopic (exact) mass is 698 g/mol. The predicted octanol–water partition coefficient (Wildman–Crippen LogP) is 9.19. The van der Waals surface area contributed by atoms with E-state index in [9.17, 15) is 96.6 Å². The summed E-state index contributed by atoms with van der Waals surface area (Å²) >= 11 is 14.1. The molecule has 0 aliphatic rings. The molecule has 0 aromatic heterocycles. The molecule has 0 fully saturated rings. The van der Waals surface area contributed by atoms with Crippen molar-refractivity contribution in [1.82, 2.24) is 0 Å². The van der Waals surface area contributed by atoms with E-state index in [2.05, 4.69) is 0 Å². The molecule has 38 heavy (non-hydrogen) atoms. The van der Waals surface area contributed by atoms with E-state index in [1.54, 1.807) is 0 Å². The lowest BCUT2D eigenvalue weighted by molar-refractivity contribution is -0.474. The van der Waals surface area contributed by atoms with Crippen molar-refractivity contribution in [2.24, 2.45) is 0 Å². The maximum atomic E-state index is 13.6. The van der Waals surface area contributed by atoms with Crippen LogP contribution in [0, 0.1) is 0 Å². The normalized spacial score (nSPS) is 17.6. The van der Waals surface area contributed by atoms with Crippen molar-refractivity contribution in [2.45, 2.75) is 71.7 Å². The lowest BCUT2D eigenvalue weighted by Crippen LogP contribution is -2.76. The van der Waals surface area contributed by atoms with Crippen LogP contribution in [-0.2, 0) is 0 Å². The molecule has 230 valence electrons. The van der Waals surface area contributed by atoms with Crippen molar-refractivity contribution < 1.29 is 96.6 Å². The first-order chi connectivity index (χ1) is 15.9. The fraction of sp³-hybridized carbons (Fsp3) is 1.00. The van der Waals surface area contributed by atoms with Crippen LogP contribution >= 0.6 is 33.2 Å². The molecule has 0 heterocycles. The lowest BCUT2D eigenvalue weighted by atomic mass is 9.86. The summed E-state index contributed by atoms with van der Waals surface area (Å²) in [7, 11) is 0. The summed E-state index contributed by atoms with van der Waals surface area (Å²) in [6.45, 7) is 0. The van der Waals surface area contributed by atoms with E-state index in [1.165, 1.54) is 0 Å². The Hall–Kier alpha value is -0.453. The quantitative estimate of drug-likeness (QED) is 0.115. The van der Waals surface area contributed by atoms with Gasteiger partial charge in [-0.2, -0.15) is 92.2 Å². The zero-order valence-corrected chi connectivity index (χ0v) is 19.5. The molecule has 0 aliphatic heterocycles. The predicted molar refractivity (Wildman–Crippen MR) is 83.4 cm³/mol. The first-order valence-electron chi connectivity index (χ1n) is 8.05. The van der Waals surface area contributed by atoms with E-state index in [0.717, 1.165) is 0 Å². The fourth-order valence-corrected chi connectivity index (χ4v) is 3.24. The minimum atomic E-state index is -9.27. The van der Waals surface area contributed by atoms with E-state index >= 15 is 0 Å². The molecule has 0 bridgehead atoms. The third-order valence-corrected chi connectivity index (χ3v) is 7.41. The molecule has 0 N–H and O–H groups in total. The third kappa shape index (κ3) is 5.06. The number of hydrogen-bond acceptors (Lipinski definition) is 0. The Kier molecular flexibility index (Phi) is 9.43. The highest BCUT2D eigenvalue weighted by Gasteiger charge is 2.97. The summed E-state index contributed by atoms with van der Waals surface area (Å²) in [6, 6.07) is -5.31. The van der Waals surface area contributed by atoms with E-state index in [0.29, 0.717) is 0 Å². The van der Waals surface area contributed by atoms with Gasteiger partial charge >= 0.3 is 65.5 Å². The Bertz CT molecular complexity index is 857. The van der Waals surface area contributed by atoms with E-state index in [4.69, 9.17) is 33.2 Å². The maximum absolute atomic E-state index is 13.6. The number of halogens is 25. The second-order valence-electron chi connectivity index (χ2n) is 7.01. The Morgan fingerprint density at radius 1 is 0.395 bits per heavy atom. The van der Waals surface area contributed by atoms with Crippen LogP contribution < -0.4 is 0 Å². The molecule has 0 amide bonds. The van der Waals surface area contributed by atoms with Gasteiger partial charge in [-0.25, -0.2) is 4.39 Å². The summed E-state index contributed by atoms with van der Waals surface area (Å²) in [6.07, 6.45) is -11.6. The molecule has 26 heteroatoms. The minimum absolute atomic E-state index is 3.58. The van der Waals surface area contributed by atoms with Crippen molar-refractivity contribution in [3.8, 4) is 0 Å². The van der Waals surface area contributed by atoms with Crippen LogP contribution in [0.15, 0.2) is 0 Å². The number of alkyl halides is 22. The van der Waals surface area contributed by atoms with Gasteiger partial charge in [0.05, 0.1) is 6.42 Å². The summed E-state index contributed by atoms with van der Waals surface area (Å²) in [5.41, 5.74) is 0.